The minimum absolute atomic E-state index is 0.172. The van der Waals surface area contributed by atoms with E-state index < -0.39 is 11.9 Å². The fourth-order valence-corrected chi connectivity index (χ4v) is 3.33. The van der Waals surface area contributed by atoms with Gasteiger partial charge in [0.15, 0.2) is 11.5 Å². The molecule has 0 saturated heterocycles. The minimum Gasteiger partial charge on any atom is -0.493 e. The number of hydrogen-bond donors (Lipinski definition) is 1. The molecule has 0 aliphatic carbocycles. The van der Waals surface area contributed by atoms with Crippen molar-refractivity contribution in [1.29, 1.82) is 0 Å². The number of aryl methyl sites for hydroxylation is 2. The molecule has 0 fully saturated rings. The zero-order chi connectivity index (χ0) is 20.1. The van der Waals surface area contributed by atoms with Gasteiger partial charge in [0.1, 0.15) is 5.82 Å². The summed E-state index contributed by atoms with van der Waals surface area (Å²) in [7, 11) is 4.83. The van der Waals surface area contributed by atoms with Crippen LogP contribution < -0.4 is 14.8 Å². The van der Waals surface area contributed by atoms with Crippen molar-refractivity contribution < 1.29 is 18.7 Å². The molecule has 7 heteroatoms. The van der Waals surface area contributed by atoms with Crippen LogP contribution in [0.25, 0.3) is 0 Å². The van der Waals surface area contributed by atoms with Crippen LogP contribution >= 0.6 is 0 Å². The fourth-order valence-electron chi connectivity index (χ4n) is 3.33. The number of methoxy groups -OCH3 is 2. The third-order valence-electron chi connectivity index (χ3n) is 4.71. The van der Waals surface area contributed by atoms with Crippen LogP contribution in [0.2, 0.25) is 0 Å². The third-order valence-corrected chi connectivity index (χ3v) is 4.71. The third kappa shape index (κ3) is 4.40. The van der Waals surface area contributed by atoms with Gasteiger partial charge in [0.25, 0.3) is 0 Å². The van der Waals surface area contributed by atoms with Crippen LogP contribution in [0.5, 0.6) is 11.5 Å². The fraction of sp³-hybridized carbons (Fsp3) is 0.500. The van der Waals surface area contributed by atoms with Crippen LogP contribution in [0.1, 0.15) is 49.3 Å². The topological polar surface area (TPSA) is 65.4 Å². The molecular formula is C20H28FN3O3. The van der Waals surface area contributed by atoms with E-state index in [0.29, 0.717) is 17.1 Å². The van der Waals surface area contributed by atoms with Gasteiger partial charge in [-0.25, -0.2) is 4.39 Å². The molecular weight excluding hydrogens is 349 g/mol. The normalized spacial score (nSPS) is 12.0. The van der Waals surface area contributed by atoms with Crippen LogP contribution in [0, 0.1) is 5.82 Å². The van der Waals surface area contributed by atoms with Crippen molar-refractivity contribution in [1.82, 2.24) is 15.1 Å². The number of ether oxygens (including phenoxy) is 2. The Morgan fingerprint density at radius 3 is 2.41 bits per heavy atom. The lowest BCUT2D eigenvalue weighted by molar-refractivity contribution is -0.121. The summed E-state index contributed by atoms with van der Waals surface area (Å²) in [6.07, 6.45) is 1.78. The quantitative estimate of drug-likeness (QED) is 0.768. The molecule has 1 atom stereocenters. The number of aromatic nitrogens is 2. The number of amides is 1. The Bertz CT molecular complexity index is 817. The zero-order valence-corrected chi connectivity index (χ0v) is 16.9. The predicted octanol–water partition coefficient (Wildman–Crippen LogP) is 3.12. The van der Waals surface area contributed by atoms with Gasteiger partial charge >= 0.3 is 0 Å². The largest absolute Gasteiger partial charge is 0.493 e. The van der Waals surface area contributed by atoms with E-state index in [-0.39, 0.29) is 12.3 Å². The van der Waals surface area contributed by atoms with E-state index in [2.05, 4.69) is 10.4 Å². The maximum Gasteiger partial charge on any atom is 0.225 e. The van der Waals surface area contributed by atoms with Crippen LogP contribution in [-0.4, -0.2) is 29.9 Å². The molecule has 1 aromatic carbocycles. The Labute approximate surface area is 159 Å². The van der Waals surface area contributed by atoms with Crippen molar-refractivity contribution in [2.24, 2.45) is 7.05 Å². The number of hydrogen-bond acceptors (Lipinski definition) is 4. The van der Waals surface area contributed by atoms with Crippen LogP contribution in [0.15, 0.2) is 12.1 Å². The first kappa shape index (κ1) is 20.7. The highest BCUT2D eigenvalue weighted by Crippen LogP contribution is 2.32. The summed E-state index contributed by atoms with van der Waals surface area (Å²) < 4.78 is 26.6. The second-order valence-electron chi connectivity index (χ2n) is 6.40. The first-order chi connectivity index (χ1) is 12.9. The van der Waals surface area contributed by atoms with Crippen LogP contribution in [0.4, 0.5) is 4.39 Å². The molecule has 6 nitrogen and oxygen atoms in total. The van der Waals surface area contributed by atoms with Gasteiger partial charge in [0, 0.05) is 29.9 Å². The summed E-state index contributed by atoms with van der Waals surface area (Å²) in [6.45, 7) is 5.80. The Morgan fingerprint density at radius 1 is 1.22 bits per heavy atom. The van der Waals surface area contributed by atoms with Crippen molar-refractivity contribution in [3.05, 3.63) is 40.5 Å². The van der Waals surface area contributed by atoms with E-state index in [9.17, 15) is 9.18 Å². The molecule has 1 unspecified atom stereocenters. The van der Waals surface area contributed by atoms with Crippen molar-refractivity contribution in [3.8, 4) is 11.5 Å². The van der Waals surface area contributed by atoms with Gasteiger partial charge in [-0.2, -0.15) is 5.10 Å². The Morgan fingerprint density at radius 2 is 1.85 bits per heavy atom. The van der Waals surface area contributed by atoms with Gasteiger partial charge in [-0.1, -0.05) is 13.8 Å². The highest BCUT2D eigenvalue weighted by molar-refractivity contribution is 5.79. The molecule has 27 heavy (non-hydrogen) atoms. The second-order valence-corrected chi connectivity index (χ2v) is 6.40. The van der Waals surface area contributed by atoms with Crippen LogP contribution in [0.3, 0.4) is 0 Å². The van der Waals surface area contributed by atoms with E-state index >= 15 is 0 Å². The van der Waals surface area contributed by atoms with Crippen molar-refractivity contribution in [3.63, 3.8) is 0 Å². The number of carbonyl (C=O) groups is 1. The number of nitrogens with one attached hydrogen (secondary N) is 1. The molecule has 0 spiro atoms. The molecule has 1 aromatic heterocycles. The number of benzene rings is 1. The number of carbonyl (C=O) groups excluding carboxylic acids is 1. The summed E-state index contributed by atoms with van der Waals surface area (Å²) >= 11 is 0. The maximum atomic E-state index is 14.4. The lowest BCUT2D eigenvalue weighted by Crippen LogP contribution is -2.29. The molecule has 0 saturated carbocycles. The van der Waals surface area contributed by atoms with Crippen molar-refractivity contribution in [2.45, 2.75) is 46.1 Å². The second kappa shape index (κ2) is 8.88. The molecule has 0 aliphatic heterocycles. The van der Waals surface area contributed by atoms with Gasteiger partial charge < -0.3 is 14.8 Å². The van der Waals surface area contributed by atoms with Crippen molar-refractivity contribution >= 4 is 5.91 Å². The molecule has 2 rings (SSSR count). The number of halogens is 1. The molecule has 148 valence electrons. The minimum atomic E-state index is -0.510. The lowest BCUT2D eigenvalue weighted by Gasteiger charge is -2.18. The van der Waals surface area contributed by atoms with E-state index in [1.165, 1.54) is 20.3 Å². The molecule has 1 amide bonds. The van der Waals surface area contributed by atoms with E-state index in [4.69, 9.17) is 9.47 Å². The molecule has 0 radical (unpaired) electrons. The SMILES string of the molecule is CCc1nn(C)c(CC)c1CC(=O)NC(C)c1cc(OC)c(OC)cc1F. The Hall–Kier alpha value is -2.57. The highest BCUT2D eigenvalue weighted by atomic mass is 19.1. The summed E-state index contributed by atoms with van der Waals surface area (Å²) in [5, 5.41) is 7.37. The van der Waals surface area contributed by atoms with E-state index in [1.54, 1.807) is 13.0 Å². The summed E-state index contributed by atoms with van der Waals surface area (Å²) in [4.78, 5) is 12.6. The summed E-state index contributed by atoms with van der Waals surface area (Å²) in [6, 6.07) is 2.31. The van der Waals surface area contributed by atoms with Gasteiger partial charge in [-0.05, 0) is 25.8 Å². The first-order valence-corrected chi connectivity index (χ1v) is 9.10. The van der Waals surface area contributed by atoms with Crippen molar-refractivity contribution in [2.75, 3.05) is 14.2 Å². The number of nitrogens with zero attached hydrogens (tertiary/aromatic N) is 2. The smallest absolute Gasteiger partial charge is 0.225 e. The molecule has 0 aliphatic rings. The Balaban J connectivity index is 2.20. The van der Waals surface area contributed by atoms with Gasteiger partial charge in [-0.3, -0.25) is 9.48 Å². The van der Waals surface area contributed by atoms with E-state index in [0.717, 1.165) is 29.8 Å². The first-order valence-electron chi connectivity index (χ1n) is 9.10. The highest BCUT2D eigenvalue weighted by Gasteiger charge is 2.21. The summed E-state index contributed by atoms with van der Waals surface area (Å²) in [5.41, 5.74) is 3.28. The van der Waals surface area contributed by atoms with Gasteiger partial charge in [-0.15, -0.1) is 0 Å². The summed E-state index contributed by atoms with van der Waals surface area (Å²) in [5.74, 6) is 0.107. The Kier molecular flexibility index (Phi) is 6.82. The number of rotatable bonds is 8. The molecule has 0 bridgehead atoms. The molecule has 1 N–H and O–H groups in total. The zero-order valence-electron chi connectivity index (χ0n) is 16.9. The van der Waals surface area contributed by atoms with Gasteiger partial charge in [0.05, 0.1) is 32.4 Å². The average molecular weight is 377 g/mol. The van der Waals surface area contributed by atoms with Gasteiger partial charge in [0.2, 0.25) is 5.91 Å². The standard InChI is InChI=1S/C20H28FN3O3/c1-7-16-14(17(8-2)24(4)23-16)10-20(25)22-12(3)13-9-18(26-5)19(27-6)11-15(13)21/h9,11-12H,7-8,10H2,1-6H3,(H,22,25). The molecule has 2 aromatic rings. The maximum absolute atomic E-state index is 14.4. The molecule has 1 heterocycles. The van der Waals surface area contributed by atoms with E-state index in [1.807, 2.05) is 25.6 Å². The monoisotopic (exact) mass is 377 g/mol. The average Bonchev–Trinajstić information content (AvgIpc) is 2.95. The predicted molar refractivity (Wildman–Crippen MR) is 102 cm³/mol. The lowest BCUT2D eigenvalue weighted by atomic mass is 10.0. The van der Waals surface area contributed by atoms with Crippen LogP contribution in [-0.2, 0) is 31.1 Å².